The summed E-state index contributed by atoms with van der Waals surface area (Å²) in [4.78, 5) is 16.2. The fourth-order valence-corrected chi connectivity index (χ4v) is 2.17. The van der Waals surface area contributed by atoms with Crippen LogP contribution in [0, 0.1) is 6.92 Å². The molecule has 6 nitrogen and oxygen atoms in total. The summed E-state index contributed by atoms with van der Waals surface area (Å²) >= 11 is 0. The van der Waals surface area contributed by atoms with Crippen LogP contribution in [0.4, 0.5) is 0 Å². The minimum atomic E-state index is -0.524. The van der Waals surface area contributed by atoms with Crippen molar-refractivity contribution in [3.05, 3.63) is 53.1 Å². The maximum Gasteiger partial charge on any atom is 0.363 e. The number of esters is 1. The first-order valence-electron chi connectivity index (χ1n) is 6.92. The van der Waals surface area contributed by atoms with E-state index in [-0.39, 0.29) is 11.6 Å². The van der Waals surface area contributed by atoms with Gasteiger partial charge in [-0.25, -0.2) is 9.79 Å². The number of cyclic esters (lactones) is 1. The molecule has 0 radical (unpaired) electrons. The van der Waals surface area contributed by atoms with E-state index in [0.29, 0.717) is 22.8 Å². The van der Waals surface area contributed by atoms with E-state index in [0.717, 1.165) is 5.76 Å². The third-order valence-electron chi connectivity index (χ3n) is 3.29. The molecule has 2 aromatic rings. The third kappa shape index (κ3) is 2.96. The number of nitrogens with zero attached hydrogens (tertiary/aromatic N) is 1. The molecule has 0 aliphatic carbocycles. The highest BCUT2D eigenvalue weighted by Crippen LogP contribution is 2.29. The highest BCUT2D eigenvalue weighted by molar-refractivity contribution is 6.12. The molecule has 2 heterocycles. The van der Waals surface area contributed by atoms with Gasteiger partial charge in [-0.2, -0.15) is 0 Å². The average molecular weight is 313 g/mol. The first kappa shape index (κ1) is 14.9. The number of carbonyl (C=O) groups excluding carboxylic acids is 1. The number of hydrogen-bond acceptors (Lipinski definition) is 6. The summed E-state index contributed by atoms with van der Waals surface area (Å²) in [5.41, 5.74) is 0.805. The van der Waals surface area contributed by atoms with Gasteiger partial charge in [0.05, 0.1) is 14.2 Å². The predicted molar refractivity (Wildman–Crippen MR) is 83.6 cm³/mol. The van der Waals surface area contributed by atoms with Gasteiger partial charge < -0.3 is 18.6 Å². The second kappa shape index (κ2) is 6.00. The molecule has 6 heteroatoms. The fourth-order valence-electron chi connectivity index (χ4n) is 2.17. The lowest BCUT2D eigenvalue weighted by molar-refractivity contribution is -0.129. The van der Waals surface area contributed by atoms with Crippen LogP contribution in [0.1, 0.15) is 17.1 Å². The van der Waals surface area contributed by atoms with Crippen LogP contribution in [0.5, 0.6) is 11.5 Å². The Morgan fingerprint density at radius 3 is 2.52 bits per heavy atom. The lowest BCUT2D eigenvalue weighted by Crippen LogP contribution is -2.05. The molecule has 0 spiro atoms. The van der Waals surface area contributed by atoms with Gasteiger partial charge in [-0.1, -0.05) is 0 Å². The van der Waals surface area contributed by atoms with E-state index in [1.54, 1.807) is 37.5 Å². The largest absolute Gasteiger partial charge is 0.493 e. The lowest BCUT2D eigenvalue weighted by Gasteiger charge is -2.08. The minimum Gasteiger partial charge on any atom is -0.493 e. The van der Waals surface area contributed by atoms with Crippen LogP contribution in [0.15, 0.2) is 45.4 Å². The second-order valence-corrected chi connectivity index (χ2v) is 4.85. The summed E-state index contributed by atoms with van der Waals surface area (Å²) in [6.45, 7) is 1.83. The molecule has 23 heavy (non-hydrogen) atoms. The van der Waals surface area contributed by atoms with Crippen molar-refractivity contribution in [3.63, 3.8) is 0 Å². The van der Waals surface area contributed by atoms with Gasteiger partial charge >= 0.3 is 5.97 Å². The zero-order valence-electron chi connectivity index (χ0n) is 13.0. The number of benzene rings is 1. The van der Waals surface area contributed by atoms with Gasteiger partial charge in [0.25, 0.3) is 0 Å². The van der Waals surface area contributed by atoms with E-state index >= 15 is 0 Å². The molecule has 0 bridgehead atoms. The van der Waals surface area contributed by atoms with Gasteiger partial charge in [-0.05, 0) is 37.3 Å². The van der Waals surface area contributed by atoms with Crippen LogP contribution in [0.2, 0.25) is 0 Å². The Morgan fingerprint density at radius 2 is 1.87 bits per heavy atom. The Kier molecular flexibility index (Phi) is 3.89. The standard InChI is InChI=1S/C17H15NO5/c1-10-4-6-12(22-10)9-13-17(19)23-16(18-13)11-5-7-14(20-2)15(8-11)21-3/h4-9H,1-3H3. The van der Waals surface area contributed by atoms with Crippen molar-refractivity contribution >= 4 is 17.9 Å². The zero-order valence-corrected chi connectivity index (χ0v) is 13.0. The lowest BCUT2D eigenvalue weighted by atomic mass is 10.2. The molecular weight excluding hydrogens is 298 g/mol. The summed E-state index contributed by atoms with van der Waals surface area (Å²) in [5, 5.41) is 0. The minimum absolute atomic E-state index is 0.184. The molecule has 1 aromatic carbocycles. The van der Waals surface area contributed by atoms with Crippen LogP contribution in [0.25, 0.3) is 6.08 Å². The van der Waals surface area contributed by atoms with E-state index in [4.69, 9.17) is 18.6 Å². The van der Waals surface area contributed by atoms with Crippen LogP contribution >= 0.6 is 0 Å². The number of ether oxygens (including phenoxy) is 3. The van der Waals surface area contributed by atoms with Crippen molar-refractivity contribution in [2.75, 3.05) is 14.2 Å². The van der Waals surface area contributed by atoms with Gasteiger partial charge in [0.1, 0.15) is 11.5 Å². The zero-order chi connectivity index (χ0) is 16.4. The number of aliphatic imine (C=N–C) groups is 1. The molecule has 0 atom stereocenters. The maximum atomic E-state index is 11.9. The van der Waals surface area contributed by atoms with Crippen molar-refractivity contribution in [1.29, 1.82) is 0 Å². The molecular formula is C17H15NO5. The molecule has 0 unspecified atom stereocenters. The van der Waals surface area contributed by atoms with Crippen molar-refractivity contribution in [2.45, 2.75) is 6.92 Å². The Balaban J connectivity index is 1.93. The van der Waals surface area contributed by atoms with Crippen molar-refractivity contribution in [2.24, 2.45) is 4.99 Å². The molecule has 3 rings (SSSR count). The summed E-state index contributed by atoms with van der Waals surface area (Å²) in [5.74, 6) is 2.11. The number of aryl methyl sites for hydroxylation is 1. The molecule has 0 N–H and O–H groups in total. The number of methoxy groups -OCH3 is 2. The Bertz CT molecular complexity index is 816. The van der Waals surface area contributed by atoms with Crippen LogP contribution in [-0.4, -0.2) is 26.1 Å². The van der Waals surface area contributed by atoms with Crippen LogP contribution in [-0.2, 0) is 9.53 Å². The van der Waals surface area contributed by atoms with Gasteiger partial charge in [-0.15, -0.1) is 0 Å². The topological polar surface area (TPSA) is 70.3 Å². The number of rotatable bonds is 4. The molecule has 1 aromatic heterocycles. The Labute approximate surface area is 133 Å². The SMILES string of the molecule is COc1ccc(C2=NC(=Cc3ccc(C)o3)C(=O)O2)cc1OC. The van der Waals surface area contributed by atoms with Crippen LogP contribution < -0.4 is 9.47 Å². The molecule has 118 valence electrons. The quantitative estimate of drug-likeness (QED) is 0.641. The smallest absolute Gasteiger partial charge is 0.363 e. The van der Waals surface area contributed by atoms with Gasteiger partial charge in [0, 0.05) is 11.6 Å². The monoisotopic (exact) mass is 313 g/mol. The Hall–Kier alpha value is -3.02. The average Bonchev–Trinajstić information content (AvgIpc) is 3.13. The number of carbonyl (C=O) groups is 1. The van der Waals surface area contributed by atoms with E-state index in [9.17, 15) is 4.79 Å². The summed E-state index contributed by atoms with van der Waals surface area (Å²) in [7, 11) is 3.09. The number of furan rings is 1. The van der Waals surface area contributed by atoms with Crippen molar-refractivity contribution in [1.82, 2.24) is 0 Å². The van der Waals surface area contributed by atoms with Gasteiger partial charge in [-0.3, -0.25) is 0 Å². The van der Waals surface area contributed by atoms with Gasteiger partial charge in [0.2, 0.25) is 5.90 Å². The molecule has 1 aliphatic heterocycles. The third-order valence-corrected chi connectivity index (χ3v) is 3.29. The van der Waals surface area contributed by atoms with Crippen molar-refractivity contribution in [3.8, 4) is 11.5 Å². The summed E-state index contributed by atoms with van der Waals surface area (Å²) < 4.78 is 21.0. The van der Waals surface area contributed by atoms with E-state index in [2.05, 4.69) is 4.99 Å². The van der Waals surface area contributed by atoms with E-state index in [1.807, 2.05) is 13.0 Å². The molecule has 0 saturated heterocycles. The highest BCUT2D eigenvalue weighted by atomic mass is 16.6. The number of hydrogen-bond donors (Lipinski definition) is 0. The van der Waals surface area contributed by atoms with Crippen molar-refractivity contribution < 1.29 is 23.4 Å². The highest BCUT2D eigenvalue weighted by Gasteiger charge is 2.25. The second-order valence-electron chi connectivity index (χ2n) is 4.85. The van der Waals surface area contributed by atoms with E-state index in [1.165, 1.54) is 7.11 Å². The fraction of sp³-hybridized carbons (Fsp3) is 0.176. The van der Waals surface area contributed by atoms with Crippen LogP contribution in [0.3, 0.4) is 0 Å². The molecule has 0 saturated carbocycles. The molecule has 1 aliphatic rings. The predicted octanol–water partition coefficient (Wildman–Crippen LogP) is 2.95. The van der Waals surface area contributed by atoms with E-state index < -0.39 is 5.97 Å². The first-order valence-corrected chi connectivity index (χ1v) is 6.92. The first-order chi connectivity index (χ1) is 11.1. The summed E-state index contributed by atoms with van der Waals surface area (Å²) in [6.07, 6.45) is 1.54. The maximum absolute atomic E-state index is 11.9. The normalized spacial score (nSPS) is 15.5. The molecule has 0 amide bonds. The molecule has 0 fully saturated rings. The Morgan fingerprint density at radius 1 is 1.09 bits per heavy atom. The van der Waals surface area contributed by atoms with Gasteiger partial charge in [0.15, 0.2) is 17.2 Å². The summed E-state index contributed by atoms with van der Waals surface area (Å²) in [6, 6.07) is 8.74.